The van der Waals surface area contributed by atoms with Crippen molar-refractivity contribution >= 4 is 17.6 Å². The summed E-state index contributed by atoms with van der Waals surface area (Å²) in [6, 6.07) is 1.68. The average molecular weight is 240 g/mol. The molecule has 0 saturated carbocycles. The zero-order valence-electron chi connectivity index (χ0n) is 9.33. The maximum Gasteiger partial charge on any atom is 0.338 e. The summed E-state index contributed by atoms with van der Waals surface area (Å²) in [4.78, 5) is 15.2. The number of aromatic nitrogens is 1. The minimum absolute atomic E-state index is 0.104. The molecule has 1 aliphatic rings. The second-order valence-corrected chi connectivity index (χ2v) is 4.97. The minimum Gasteiger partial charge on any atom is -0.478 e. The fraction of sp³-hybridized carbons (Fsp3) is 0.500. The van der Waals surface area contributed by atoms with Crippen molar-refractivity contribution in [2.24, 2.45) is 5.92 Å². The van der Waals surface area contributed by atoms with Gasteiger partial charge >= 0.3 is 5.97 Å². The molecule has 3 nitrogen and oxygen atoms in total. The van der Waals surface area contributed by atoms with Crippen molar-refractivity contribution in [2.45, 2.75) is 32.6 Å². The number of pyridine rings is 1. The molecule has 4 heteroatoms. The summed E-state index contributed by atoms with van der Waals surface area (Å²) < 4.78 is 0. The number of carboxylic acid groups (broad SMARTS) is 1. The van der Waals surface area contributed by atoms with E-state index in [4.69, 9.17) is 16.7 Å². The Morgan fingerprint density at radius 1 is 1.56 bits per heavy atom. The van der Waals surface area contributed by atoms with E-state index < -0.39 is 5.97 Å². The standard InChI is InChI=1S/C12H14ClNO2/c1-6-3-7(2)8-5-9(12(15)16)11(13)14-10(8)4-6/h5-7H,3-4H2,1-2H3,(H,15,16). The van der Waals surface area contributed by atoms with Crippen molar-refractivity contribution < 1.29 is 9.90 Å². The highest BCUT2D eigenvalue weighted by atomic mass is 35.5. The molecule has 16 heavy (non-hydrogen) atoms. The third-order valence-corrected chi connectivity index (χ3v) is 3.44. The summed E-state index contributed by atoms with van der Waals surface area (Å²) in [5.41, 5.74) is 2.11. The Labute approximate surface area is 99.5 Å². The van der Waals surface area contributed by atoms with Gasteiger partial charge in [0.15, 0.2) is 0 Å². The molecule has 0 bridgehead atoms. The second kappa shape index (κ2) is 4.06. The number of halogens is 1. The normalized spacial score (nSPS) is 23.9. The van der Waals surface area contributed by atoms with Crippen molar-refractivity contribution in [3.05, 3.63) is 28.0 Å². The Morgan fingerprint density at radius 3 is 2.88 bits per heavy atom. The Bertz CT molecular complexity index is 445. The topological polar surface area (TPSA) is 50.2 Å². The van der Waals surface area contributed by atoms with Crippen LogP contribution in [0, 0.1) is 5.92 Å². The quantitative estimate of drug-likeness (QED) is 0.766. The van der Waals surface area contributed by atoms with E-state index in [-0.39, 0.29) is 10.7 Å². The van der Waals surface area contributed by atoms with E-state index in [1.54, 1.807) is 6.07 Å². The lowest BCUT2D eigenvalue weighted by molar-refractivity contribution is 0.0696. The van der Waals surface area contributed by atoms with E-state index in [0.717, 1.165) is 24.1 Å². The molecule has 86 valence electrons. The third-order valence-electron chi connectivity index (χ3n) is 3.15. The molecule has 2 atom stereocenters. The molecule has 1 aromatic heterocycles. The molecule has 2 rings (SSSR count). The molecule has 2 unspecified atom stereocenters. The van der Waals surface area contributed by atoms with Crippen LogP contribution in [0.2, 0.25) is 5.15 Å². The average Bonchev–Trinajstić information content (AvgIpc) is 2.15. The van der Waals surface area contributed by atoms with Crippen molar-refractivity contribution in [3.63, 3.8) is 0 Å². The first-order chi connectivity index (χ1) is 7.49. The van der Waals surface area contributed by atoms with Gasteiger partial charge in [-0.2, -0.15) is 0 Å². The van der Waals surface area contributed by atoms with E-state index in [1.807, 2.05) is 0 Å². The van der Waals surface area contributed by atoms with Gasteiger partial charge in [-0.1, -0.05) is 25.4 Å². The summed E-state index contributed by atoms with van der Waals surface area (Å²) in [5.74, 6) is -0.0607. The molecular formula is C12H14ClNO2. The van der Waals surface area contributed by atoms with Crippen LogP contribution in [0.1, 0.15) is 47.8 Å². The van der Waals surface area contributed by atoms with E-state index in [9.17, 15) is 4.79 Å². The molecule has 1 heterocycles. The van der Waals surface area contributed by atoms with Gasteiger partial charge in [0.1, 0.15) is 5.15 Å². The zero-order valence-corrected chi connectivity index (χ0v) is 10.1. The van der Waals surface area contributed by atoms with E-state index in [2.05, 4.69) is 18.8 Å². The molecule has 0 amide bonds. The van der Waals surface area contributed by atoms with Crippen molar-refractivity contribution in [1.29, 1.82) is 0 Å². The molecule has 1 N–H and O–H groups in total. The van der Waals surface area contributed by atoms with Crippen LogP contribution in [0.25, 0.3) is 0 Å². The van der Waals surface area contributed by atoms with E-state index in [0.29, 0.717) is 11.8 Å². The minimum atomic E-state index is -1.01. The highest BCUT2D eigenvalue weighted by molar-refractivity contribution is 6.32. The fourth-order valence-electron chi connectivity index (χ4n) is 2.43. The molecule has 0 aliphatic heterocycles. The van der Waals surface area contributed by atoms with Gasteiger partial charge in [-0.25, -0.2) is 9.78 Å². The first-order valence-electron chi connectivity index (χ1n) is 5.41. The summed E-state index contributed by atoms with van der Waals surface area (Å²) >= 11 is 5.86. The number of hydrogen-bond acceptors (Lipinski definition) is 2. The number of fused-ring (bicyclic) bond motifs is 1. The number of nitrogens with zero attached hydrogens (tertiary/aromatic N) is 1. The van der Waals surface area contributed by atoms with Crippen LogP contribution in [-0.2, 0) is 6.42 Å². The largest absolute Gasteiger partial charge is 0.478 e. The summed E-state index contributed by atoms with van der Waals surface area (Å²) in [7, 11) is 0. The maximum absolute atomic E-state index is 11.0. The van der Waals surface area contributed by atoms with Crippen LogP contribution >= 0.6 is 11.6 Å². The lowest BCUT2D eigenvalue weighted by Crippen LogP contribution is -2.18. The Kier molecular flexibility index (Phi) is 2.89. The van der Waals surface area contributed by atoms with Gasteiger partial charge in [-0.3, -0.25) is 0 Å². The van der Waals surface area contributed by atoms with E-state index in [1.165, 1.54) is 0 Å². The van der Waals surface area contributed by atoms with Gasteiger partial charge < -0.3 is 5.11 Å². The van der Waals surface area contributed by atoms with Gasteiger partial charge in [-0.05, 0) is 36.3 Å². The van der Waals surface area contributed by atoms with Crippen LogP contribution < -0.4 is 0 Å². The molecule has 1 aliphatic carbocycles. The molecule has 0 spiro atoms. The third kappa shape index (κ3) is 1.92. The van der Waals surface area contributed by atoms with Crippen LogP contribution in [0.15, 0.2) is 6.07 Å². The molecule has 0 fully saturated rings. The monoisotopic (exact) mass is 239 g/mol. The number of aromatic carboxylic acids is 1. The molecule has 0 aromatic carbocycles. The van der Waals surface area contributed by atoms with Crippen LogP contribution in [-0.4, -0.2) is 16.1 Å². The zero-order chi connectivity index (χ0) is 11.9. The maximum atomic E-state index is 11.0. The van der Waals surface area contributed by atoms with Gasteiger partial charge in [0.25, 0.3) is 0 Å². The van der Waals surface area contributed by atoms with Crippen LogP contribution in [0.3, 0.4) is 0 Å². The Balaban J connectivity index is 2.53. The molecule has 1 aromatic rings. The van der Waals surface area contributed by atoms with Crippen molar-refractivity contribution in [3.8, 4) is 0 Å². The van der Waals surface area contributed by atoms with Gasteiger partial charge in [0.05, 0.1) is 5.56 Å². The molecule has 0 radical (unpaired) electrons. The highest BCUT2D eigenvalue weighted by Crippen LogP contribution is 2.35. The predicted molar refractivity (Wildman–Crippen MR) is 62.1 cm³/mol. The number of carbonyl (C=O) groups is 1. The predicted octanol–water partition coefficient (Wildman–Crippen LogP) is 3.12. The Hall–Kier alpha value is -1.09. The first-order valence-corrected chi connectivity index (χ1v) is 5.79. The van der Waals surface area contributed by atoms with E-state index >= 15 is 0 Å². The smallest absolute Gasteiger partial charge is 0.338 e. The SMILES string of the molecule is CC1Cc2nc(Cl)c(C(=O)O)cc2C(C)C1. The summed E-state index contributed by atoms with van der Waals surface area (Å²) in [6.07, 6.45) is 1.97. The fourth-order valence-corrected chi connectivity index (χ4v) is 2.66. The summed E-state index contributed by atoms with van der Waals surface area (Å²) in [6.45, 7) is 4.29. The first kappa shape index (κ1) is 11.4. The number of rotatable bonds is 1. The van der Waals surface area contributed by atoms with Gasteiger partial charge in [0.2, 0.25) is 0 Å². The van der Waals surface area contributed by atoms with Crippen LogP contribution in [0.5, 0.6) is 0 Å². The lowest BCUT2D eigenvalue weighted by atomic mass is 9.80. The van der Waals surface area contributed by atoms with Gasteiger partial charge in [0, 0.05) is 5.69 Å². The number of hydrogen-bond donors (Lipinski definition) is 1. The molecule has 0 saturated heterocycles. The Morgan fingerprint density at radius 2 is 2.25 bits per heavy atom. The van der Waals surface area contributed by atoms with Crippen LogP contribution in [0.4, 0.5) is 0 Å². The second-order valence-electron chi connectivity index (χ2n) is 4.61. The highest BCUT2D eigenvalue weighted by Gasteiger charge is 2.25. The lowest BCUT2D eigenvalue weighted by Gasteiger charge is -2.26. The summed E-state index contributed by atoms with van der Waals surface area (Å²) in [5, 5.41) is 9.09. The van der Waals surface area contributed by atoms with Gasteiger partial charge in [-0.15, -0.1) is 0 Å². The number of carboxylic acids is 1. The molecular weight excluding hydrogens is 226 g/mol. The van der Waals surface area contributed by atoms with Crippen molar-refractivity contribution in [2.75, 3.05) is 0 Å². The van der Waals surface area contributed by atoms with Crippen molar-refractivity contribution in [1.82, 2.24) is 4.98 Å².